The minimum absolute atomic E-state index is 1.07. The van der Waals surface area contributed by atoms with Crippen LogP contribution in [0.5, 0.6) is 0 Å². The fourth-order valence-corrected chi connectivity index (χ4v) is 9.53. The topological polar surface area (TPSA) is 11.4 Å². The van der Waals surface area contributed by atoms with Crippen LogP contribution in [0.2, 0.25) is 0 Å². The maximum atomic E-state index is 2.43. The van der Waals surface area contributed by atoms with Crippen LogP contribution in [0.1, 0.15) is 0 Å². The molecule has 0 aliphatic rings. The van der Waals surface area contributed by atoms with Gasteiger partial charge in [0.15, 0.2) is 0 Å². The lowest BCUT2D eigenvalue weighted by molar-refractivity contribution is 1.17. The molecule has 0 unspecified atom stereocenters. The summed E-state index contributed by atoms with van der Waals surface area (Å²) in [6.07, 6.45) is 0. The summed E-state index contributed by atoms with van der Waals surface area (Å²) < 4.78 is 5.02. The van der Waals surface area contributed by atoms with Gasteiger partial charge in [-0.05, 0) is 108 Å². The summed E-state index contributed by atoms with van der Waals surface area (Å²) in [6, 6.07) is 77.0. The second kappa shape index (κ2) is 13.3. The smallest absolute Gasteiger partial charge is 0.0583 e. The maximum Gasteiger partial charge on any atom is 0.0583 e. The highest BCUT2D eigenvalue weighted by molar-refractivity contribution is 7.25. The van der Waals surface area contributed by atoms with Gasteiger partial charge in [-0.2, -0.15) is 0 Å². The normalized spacial score (nSPS) is 11.6. The highest BCUT2D eigenvalue weighted by Gasteiger charge is 2.25. The predicted molar refractivity (Wildman–Crippen MR) is 241 cm³/mol. The van der Waals surface area contributed by atoms with Gasteiger partial charge in [-0.15, -0.1) is 11.3 Å². The van der Waals surface area contributed by atoms with Gasteiger partial charge >= 0.3 is 0 Å². The number of fused-ring (bicyclic) bond motifs is 7. The van der Waals surface area contributed by atoms with E-state index in [4.69, 9.17) is 0 Å². The first-order valence-electron chi connectivity index (χ1n) is 19.0. The number of benzene rings is 9. The predicted octanol–water partition coefficient (Wildman–Crippen LogP) is 15.2. The number of hydrogen-bond acceptors (Lipinski definition) is 3. The summed E-state index contributed by atoms with van der Waals surface area (Å²) in [5.74, 6) is 0. The Morgan fingerprint density at radius 2 is 0.893 bits per heavy atom. The van der Waals surface area contributed by atoms with Gasteiger partial charge in [-0.1, -0.05) is 115 Å². The SMILES string of the molecule is c1ccc(N(c2ccc3sc4cc5ccccc5cc4c3c2)c2cc(N(c3ccccc3)c3ccccc3)c3c4ccccc4n(-c4ccccc4)c3c2)cc1. The summed E-state index contributed by atoms with van der Waals surface area (Å²) in [7, 11) is 0. The molecule has 0 N–H and O–H groups in total. The van der Waals surface area contributed by atoms with Crippen molar-refractivity contribution in [3.63, 3.8) is 0 Å². The molecule has 0 fully saturated rings. The Bertz CT molecular complexity index is 3150. The monoisotopic (exact) mass is 733 g/mol. The fraction of sp³-hybridized carbons (Fsp3) is 0. The van der Waals surface area contributed by atoms with Gasteiger partial charge in [0.25, 0.3) is 0 Å². The minimum Gasteiger partial charge on any atom is -0.310 e. The first-order chi connectivity index (χ1) is 27.8. The molecule has 264 valence electrons. The highest BCUT2D eigenvalue weighted by Crippen LogP contribution is 2.49. The van der Waals surface area contributed by atoms with Crippen LogP contribution in [0.3, 0.4) is 0 Å². The molecule has 0 saturated carbocycles. The molecule has 2 heterocycles. The zero-order valence-corrected chi connectivity index (χ0v) is 31.3. The summed E-state index contributed by atoms with van der Waals surface area (Å²) in [5.41, 5.74) is 9.99. The molecule has 11 aromatic rings. The van der Waals surface area contributed by atoms with Crippen molar-refractivity contribution in [1.29, 1.82) is 0 Å². The molecule has 0 radical (unpaired) electrons. The summed E-state index contributed by atoms with van der Waals surface area (Å²) in [6.45, 7) is 0. The number of para-hydroxylation sites is 5. The molecule has 0 bridgehead atoms. The maximum absolute atomic E-state index is 2.43. The first kappa shape index (κ1) is 32.3. The Morgan fingerprint density at radius 3 is 1.57 bits per heavy atom. The average molecular weight is 734 g/mol. The van der Waals surface area contributed by atoms with Crippen molar-refractivity contribution >= 4 is 98.2 Å². The van der Waals surface area contributed by atoms with Crippen LogP contribution < -0.4 is 9.80 Å². The molecule has 0 saturated heterocycles. The molecule has 0 amide bonds. The van der Waals surface area contributed by atoms with Gasteiger partial charge in [0.05, 0.1) is 22.4 Å². The summed E-state index contributed by atoms with van der Waals surface area (Å²) >= 11 is 1.87. The van der Waals surface area contributed by atoms with Crippen molar-refractivity contribution in [2.24, 2.45) is 0 Å². The van der Waals surface area contributed by atoms with Crippen molar-refractivity contribution < 1.29 is 0 Å². The van der Waals surface area contributed by atoms with Crippen molar-refractivity contribution in [3.05, 3.63) is 212 Å². The summed E-state index contributed by atoms with van der Waals surface area (Å²) in [4.78, 5) is 4.84. The van der Waals surface area contributed by atoms with E-state index in [1.165, 1.54) is 41.7 Å². The summed E-state index contributed by atoms with van der Waals surface area (Å²) in [5, 5.41) is 7.49. The van der Waals surface area contributed by atoms with Crippen LogP contribution in [0.25, 0.3) is 58.4 Å². The zero-order chi connectivity index (χ0) is 37.0. The van der Waals surface area contributed by atoms with Gasteiger partial charge in [-0.3, -0.25) is 0 Å². The van der Waals surface area contributed by atoms with E-state index in [0.717, 1.165) is 50.8 Å². The largest absolute Gasteiger partial charge is 0.310 e. The molecule has 9 aromatic carbocycles. The van der Waals surface area contributed by atoms with Crippen molar-refractivity contribution in [2.75, 3.05) is 9.80 Å². The fourth-order valence-electron chi connectivity index (χ4n) is 8.42. The molecule has 0 aliphatic carbocycles. The van der Waals surface area contributed by atoms with Gasteiger partial charge in [0, 0.05) is 59.4 Å². The third kappa shape index (κ3) is 5.34. The van der Waals surface area contributed by atoms with Crippen molar-refractivity contribution in [2.45, 2.75) is 0 Å². The van der Waals surface area contributed by atoms with E-state index in [-0.39, 0.29) is 0 Å². The average Bonchev–Trinajstić information content (AvgIpc) is 3.79. The van der Waals surface area contributed by atoms with E-state index in [0.29, 0.717) is 0 Å². The lowest BCUT2D eigenvalue weighted by Crippen LogP contribution is -2.14. The molecule has 11 rings (SSSR count). The van der Waals surface area contributed by atoms with Crippen LogP contribution >= 0.6 is 11.3 Å². The van der Waals surface area contributed by atoms with E-state index < -0.39 is 0 Å². The molecule has 2 aromatic heterocycles. The van der Waals surface area contributed by atoms with Crippen LogP contribution in [-0.4, -0.2) is 4.57 Å². The molecule has 56 heavy (non-hydrogen) atoms. The number of hydrogen-bond donors (Lipinski definition) is 0. The van der Waals surface area contributed by atoms with Gasteiger partial charge in [-0.25, -0.2) is 0 Å². The number of thiophene rings is 1. The van der Waals surface area contributed by atoms with E-state index >= 15 is 0 Å². The molecular weight excluding hydrogens is 699 g/mol. The third-order valence-electron chi connectivity index (χ3n) is 10.9. The number of anilines is 6. The lowest BCUT2D eigenvalue weighted by atomic mass is 10.0. The molecule has 4 heteroatoms. The standard InChI is InChI=1S/C52H35N3S/c1-5-19-38(20-6-1)53(42-29-30-50-46(33-42)45-31-36-17-13-14-18-37(36)32-51(45)56-50)43-34-48(54(39-21-7-2-8-22-39)40-23-9-3-10-24-40)52-44-27-15-16-28-47(44)55(49(52)35-43)41-25-11-4-12-26-41/h1-35H. The second-order valence-corrected chi connectivity index (χ2v) is 15.3. The van der Waals surface area contributed by atoms with Gasteiger partial charge in [0.2, 0.25) is 0 Å². The van der Waals surface area contributed by atoms with Gasteiger partial charge in [0.1, 0.15) is 0 Å². The quantitative estimate of drug-likeness (QED) is 0.162. The van der Waals surface area contributed by atoms with E-state index in [9.17, 15) is 0 Å². The van der Waals surface area contributed by atoms with Crippen LogP contribution in [0.15, 0.2) is 212 Å². The number of aromatic nitrogens is 1. The number of rotatable bonds is 7. The van der Waals surface area contributed by atoms with E-state index in [1.807, 2.05) is 11.3 Å². The Balaban J connectivity index is 1.25. The first-order valence-corrected chi connectivity index (χ1v) is 19.8. The molecule has 0 spiro atoms. The zero-order valence-electron chi connectivity index (χ0n) is 30.5. The number of nitrogens with zero attached hydrogens (tertiary/aromatic N) is 3. The molecule has 0 atom stereocenters. The lowest BCUT2D eigenvalue weighted by Gasteiger charge is -2.30. The Kier molecular flexibility index (Phi) is 7.68. The van der Waals surface area contributed by atoms with E-state index in [1.54, 1.807) is 0 Å². The van der Waals surface area contributed by atoms with Crippen molar-refractivity contribution in [1.82, 2.24) is 4.57 Å². The van der Waals surface area contributed by atoms with E-state index in [2.05, 4.69) is 227 Å². The van der Waals surface area contributed by atoms with Crippen LogP contribution in [0.4, 0.5) is 34.1 Å². The Labute approximate surface area is 329 Å². The highest BCUT2D eigenvalue weighted by atomic mass is 32.1. The van der Waals surface area contributed by atoms with Gasteiger partial charge < -0.3 is 14.4 Å². The Morgan fingerprint density at radius 1 is 0.339 bits per heavy atom. The van der Waals surface area contributed by atoms with Crippen LogP contribution in [-0.2, 0) is 0 Å². The molecular formula is C52H35N3S. The Hall–Kier alpha value is -7.14. The minimum atomic E-state index is 1.07. The van der Waals surface area contributed by atoms with Crippen molar-refractivity contribution in [3.8, 4) is 5.69 Å². The molecule has 0 aliphatic heterocycles. The molecule has 3 nitrogen and oxygen atoms in total. The van der Waals surface area contributed by atoms with Crippen LogP contribution in [0, 0.1) is 0 Å². The third-order valence-corrected chi connectivity index (χ3v) is 12.0. The second-order valence-electron chi connectivity index (χ2n) is 14.2.